The molecule has 0 fully saturated rings. The number of rotatable bonds is 5. The van der Waals surface area contributed by atoms with Gasteiger partial charge in [0.05, 0.1) is 17.1 Å². The van der Waals surface area contributed by atoms with Gasteiger partial charge >= 0.3 is 0 Å². The van der Waals surface area contributed by atoms with E-state index in [1.165, 1.54) is 18.5 Å². The summed E-state index contributed by atoms with van der Waals surface area (Å²) in [6, 6.07) is 8.10. The first-order valence-electron chi connectivity index (χ1n) is 5.65. The molecule has 0 aliphatic carbocycles. The molecule has 0 bridgehead atoms. The summed E-state index contributed by atoms with van der Waals surface area (Å²) in [5, 5.41) is 0. The van der Waals surface area contributed by atoms with Gasteiger partial charge in [-0.15, -0.1) is 0 Å². The molecule has 19 heavy (non-hydrogen) atoms. The van der Waals surface area contributed by atoms with Gasteiger partial charge in [0.1, 0.15) is 6.33 Å². The Balaban J connectivity index is 2.09. The molecule has 6 nitrogen and oxygen atoms in total. The van der Waals surface area contributed by atoms with Crippen LogP contribution < -0.4 is 10.5 Å². The average Bonchev–Trinajstić information content (AvgIpc) is 2.46. The predicted octanol–water partition coefficient (Wildman–Crippen LogP) is 0.414. The fourth-order valence-corrected chi connectivity index (χ4v) is 2.48. The highest BCUT2D eigenvalue weighted by Gasteiger charge is 2.13. The van der Waals surface area contributed by atoms with Crippen LogP contribution in [-0.4, -0.2) is 18.4 Å². The van der Waals surface area contributed by atoms with E-state index in [2.05, 4.69) is 14.7 Å². The number of sulfonamides is 1. The zero-order valence-corrected chi connectivity index (χ0v) is 11.0. The molecule has 3 N–H and O–H groups in total. The van der Waals surface area contributed by atoms with Crippen molar-refractivity contribution in [3.63, 3.8) is 0 Å². The summed E-state index contributed by atoms with van der Waals surface area (Å²) in [4.78, 5) is 7.92. The third-order valence-electron chi connectivity index (χ3n) is 2.56. The summed E-state index contributed by atoms with van der Waals surface area (Å²) in [6.07, 6.45) is 2.94. The van der Waals surface area contributed by atoms with Gasteiger partial charge in [0.15, 0.2) is 0 Å². The minimum atomic E-state index is -3.53. The topological polar surface area (TPSA) is 98.0 Å². The summed E-state index contributed by atoms with van der Waals surface area (Å²) in [6.45, 7) is 0.512. The fraction of sp³-hybridized carbons (Fsp3) is 0.167. The molecular formula is C12H14N4O2S. The number of nitrogens with one attached hydrogen (secondary N) is 1. The molecule has 0 aliphatic heterocycles. The van der Waals surface area contributed by atoms with Gasteiger partial charge in [0.25, 0.3) is 0 Å². The van der Waals surface area contributed by atoms with Crippen molar-refractivity contribution >= 4 is 10.0 Å². The van der Waals surface area contributed by atoms with Crippen molar-refractivity contribution in [3.8, 4) is 0 Å². The van der Waals surface area contributed by atoms with E-state index in [0.717, 1.165) is 5.56 Å². The van der Waals surface area contributed by atoms with Crippen LogP contribution in [-0.2, 0) is 23.1 Å². The van der Waals surface area contributed by atoms with Gasteiger partial charge in [-0.1, -0.05) is 12.1 Å². The van der Waals surface area contributed by atoms with E-state index in [4.69, 9.17) is 5.73 Å². The molecule has 2 aromatic rings. The molecular weight excluding hydrogens is 264 g/mol. The van der Waals surface area contributed by atoms with Crippen molar-refractivity contribution in [1.29, 1.82) is 0 Å². The van der Waals surface area contributed by atoms with E-state index in [-0.39, 0.29) is 11.4 Å². The van der Waals surface area contributed by atoms with Crippen LogP contribution in [0.3, 0.4) is 0 Å². The van der Waals surface area contributed by atoms with Crippen molar-refractivity contribution in [3.05, 3.63) is 54.1 Å². The second-order valence-electron chi connectivity index (χ2n) is 3.87. The molecule has 0 aliphatic rings. The van der Waals surface area contributed by atoms with Gasteiger partial charge in [-0.05, 0) is 23.8 Å². The normalized spacial score (nSPS) is 11.4. The van der Waals surface area contributed by atoms with Crippen molar-refractivity contribution < 1.29 is 8.42 Å². The Kier molecular flexibility index (Phi) is 4.20. The van der Waals surface area contributed by atoms with Crippen LogP contribution in [0, 0.1) is 0 Å². The monoisotopic (exact) mass is 278 g/mol. The molecule has 0 saturated heterocycles. The van der Waals surface area contributed by atoms with Crippen LogP contribution in [0.4, 0.5) is 0 Å². The highest BCUT2D eigenvalue weighted by atomic mass is 32.2. The molecule has 1 heterocycles. The second kappa shape index (κ2) is 5.87. The average molecular weight is 278 g/mol. The molecule has 100 valence electrons. The summed E-state index contributed by atoms with van der Waals surface area (Å²) >= 11 is 0. The number of benzene rings is 1. The number of hydrogen-bond donors (Lipinski definition) is 2. The van der Waals surface area contributed by atoms with E-state index in [0.29, 0.717) is 12.2 Å². The van der Waals surface area contributed by atoms with Crippen LogP contribution in [0.2, 0.25) is 0 Å². The van der Waals surface area contributed by atoms with Gasteiger partial charge in [-0.3, -0.25) is 0 Å². The number of nitrogens with two attached hydrogens (primary N) is 1. The molecule has 1 aromatic heterocycles. The number of hydrogen-bond acceptors (Lipinski definition) is 5. The quantitative estimate of drug-likeness (QED) is 0.825. The van der Waals surface area contributed by atoms with Gasteiger partial charge < -0.3 is 5.73 Å². The summed E-state index contributed by atoms with van der Waals surface area (Å²) in [5.74, 6) is 0. The number of aromatic nitrogens is 2. The smallest absolute Gasteiger partial charge is 0.240 e. The maximum atomic E-state index is 12.0. The minimum absolute atomic E-state index is 0.128. The maximum absolute atomic E-state index is 12.0. The van der Waals surface area contributed by atoms with Gasteiger partial charge in [-0.2, -0.15) is 0 Å². The summed E-state index contributed by atoms with van der Waals surface area (Å²) < 4.78 is 26.5. The lowest BCUT2D eigenvalue weighted by Crippen LogP contribution is -2.23. The summed E-state index contributed by atoms with van der Waals surface area (Å²) in [5.41, 5.74) is 6.96. The van der Waals surface area contributed by atoms with E-state index in [1.807, 2.05) is 0 Å². The van der Waals surface area contributed by atoms with Crippen LogP contribution >= 0.6 is 0 Å². The maximum Gasteiger partial charge on any atom is 0.240 e. The van der Waals surface area contributed by atoms with Gasteiger partial charge in [0.2, 0.25) is 10.0 Å². The van der Waals surface area contributed by atoms with Crippen LogP contribution in [0.5, 0.6) is 0 Å². The zero-order chi connectivity index (χ0) is 13.7. The molecule has 0 atom stereocenters. The Morgan fingerprint density at radius 3 is 2.47 bits per heavy atom. The molecule has 0 spiro atoms. The van der Waals surface area contributed by atoms with Crippen molar-refractivity contribution in [2.75, 3.05) is 0 Å². The summed E-state index contributed by atoms with van der Waals surface area (Å²) in [7, 11) is -3.53. The Morgan fingerprint density at radius 1 is 1.16 bits per heavy atom. The van der Waals surface area contributed by atoms with E-state index >= 15 is 0 Å². The lowest BCUT2D eigenvalue weighted by atomic mass is 10.2. The Morgan fingerprint density at radius 2 is 1.89 bits per heavy atom. The Labute approximate surface area is 111 Å². The molecule has 7 heteroatoms. The van der Waals surface area contributed by atoms with Gasteiger partial charge in [-0.25, -0.2) is 23.1 Å². The highest BCUT2D eigenvalue weighted by Crippen LogP contribution is 2.10. The van der Waals surface area contributed by atoms with Crippen LogP contribution in [0.25, 0.3) is 0 Å². The van der Waals surface area contributed by atoms with Gasteiger partial charge in [0, 0.05) is 12.7 Å². The largest absolute Gasteiger partial charge is 0.326 e. The SMILES string of the molecule is NCc1ccc(S(=O)(=O)NCc2ccncn2)cc1. The molecule has 0 unspecified atom stereocenters. The van der Waals surface area contributed by atoms with Crippen molar-refractivity contribution in [1.82, 2.24) is 14.7 Å². The Bertz CT molecular complexity index is 627. The third kappa shape index (κ3) is 3.57. The second-order valence-corrected chi connectivity index (χ2v) is 5.64. The van der Waals surface area contributed by atoms with Crippen LogP contribution in [0.15, 0.2) is 47.8 Å². The zero-order valence-electron chi connectivity index (χ0n) is 10.2. The standard InChI is InChI=1S/C12H14N4O2S/c13-7-10-1-3-12(4-2-10)19(17,18)16-8-11-5-6-14-9-15-11/h1-6,9,16H,7-8,13H2. The van der Waals surface area contributed by atoms with E-state index in [1.54, 1.807) is 24.4 Å². The first-order chi connectivity index (χ1) is 9.12. The lowest BCUT2D eigenvalue weighted by Gasteiger charge is -2.06. The molecule has 1 aromatic carbocycles. The first kappa shape index (κ1) is 13.6. The first-order valence-corrected chi connectivity index (χ1v) is 7.14. The van der Waals surface area contributed by atoms with Crippen molar-refractivity contribution in [2.24, 2.45) is 5.73 Å². The highest BCUT2D eigenvalue weighted by molar-refractivity contribution is 7.89. The van der Waals surface area contributed by atoms with Crippen molar-refractivity contribution in [2.45, 2.75) is 18.0 Å². The Hall–Kier alpha value is -1.83. The third-order valence-corrected chi connectivity index (χ3v) is 3.97. The van der Waals surface area contributed by atoms with E-state index in [9.17, 15) is 8.42 Å². The molecule has 0 amide bonds. The lowest BCUT2D eigenvalue weighted by molar-refractivity contribution is 0.580. The molecule has 0 radical (unpaired) electrons. The molecule has 0 saturated carbocycles. The van der Waals surface area contributed by atoms with E-state index < -0.39 is 10.0 Å². The predicted molar refractivity (Wildman–Crippen MR) is 70.4 cm³/mol. The molecule has 2 rings (SSSR count). The minimum Gasteiger partial charge on any atom is -0.326 e. The van der Waals surface area contributed by atoms with Crippen LogP contribution in [0.1, 0.15) is 11.3 Å². The number of nitrogens with zero attached hydrogens (tertiary/aromatic N) is 2. The fourth-order valence-electron chi connectivity index (χ4n) is 1.48.